The number of hydrogen-bond acceptors (Lipinski definition) is 3. The molecule has 1 aromatic heterocycles. The molecular formula is C11H18INO2. The van der Waals surface area contributed by atoms with Crippen molar-refractivity contribution in [3.05, 3.63) is 21.7 Å². The summed E-state index contributed by atoms with van der Waals surface area (Å²) in [5, 5.41) is 12.4. The zero-order valence-corrected chi connectivity index (χ0v) is 11.3. The Morgan fingerprint density at radius 3 is 2.67 bits per heavy atom. The molecule has 1 rings (SSSR count). The van der Waals surface area contributed by atoms with Crippen LogP contribution in [0.2, 0.25) is 0 Å². The van der Waals surface area contributed by atoms with E-state index in [2.05, 4.69) is 41.8 Å². The van der Waals surface area contributed by atoms with Crippen LogP contribution < -0.4 is 5.32 Å². The molecule has 1 heterocycles. The van der Waals surface area contributed by atoms with Crippen molar-refractivity contribution in [1.82, 2.24) is 5.32 Å². The fourth-order valence-electron chi connectivity index (χ4n) is 1.48. The van der Waals surface area contributed by atoms with E-state index in [9.17, 15) is 0 Å². The van der Waals surface area contributed by atoms with Gasteiger partial charge in [-0.3, -0.25) is 0 Å². The summed E-state index contributed by atoms with van der Waals surface area (Å²) in [6.45, 7) is 5.16. The zero-order valence-electron chi connectivity index (χ0n) is 9.16. The molecule has 4 heteroatoms. The highest BCUT2D eigenvalue weighted by atomic mass is 127. The predicted molar refractivity (Wildman–Crippen MR) is 68.6 cm³/mol. The van der Waals surface area contributed by atoms with Gasteiger partial charge in [-0.2, -0.15) is 0 Å². The van der Waals surface area contributed by atoms with Crippen LogP contribution in [0.4, 0.5) is 0 Å². The highest BCUT2D eigenvalue weighted by molar-refractivity contribution is 14.1. The average molecular weight is 323 g/mol. The van der Waals surface area contributed by atoms with Gasteiger partial charge in [0, 0.05) is 6.04 Å². The van der Waals surface area contributed by atoms with Crippen LogP contribution in [0.15, 0.2) is 16.5 Å². The Kier molecular flexibility index (Phi) is 5.63. The van der Waals surface area contributed by atoms with Crippen LogP contribution in [0.25, 0.3) is 0 Å². The van der Waals surface area contributed by atoms with Gasteiger partial charge in [-0.15, -0.1) is 0 Å². The van der Waals surface area contributed by atoms with Crippen molar-refractivity contribution in [3.63, 3.8) is 0 Å². The van der Waals surface area contributed by atoms with Gasteiger partial charge in [-0.25, -0.2) is 0 Å². The Balaban J connectivity index is 2.34. The van der Waals surface area contributed by atoms with E-state index in [1.54, 1.807) is 0 Å². The third-order valence-electron chi connectivity index (χ3n) is 2.17. The third-order valence-corrected chi connectivity index (χ3v) is 2.75. The van der Waals surface area contributed by atoms with Crippen LogP contribution in [0, 0.1) is 9.68 Å². The molecule has 86 valence electrons. The summed E-state index contributed by atoms with van der Waals surface area (Å²) >= 11 is 2.14. The summed E-state index contributed by atoms with van der Waals surface area (Å²) in [7, 11) is 0. The van der Waals surface area contributed by atoms with Crippen molar-refractivity contribution in [3.8, 4) is 0 Å². The molecular weight excluding hydrogens is 305 g/mol. The molecule has 0 saturated heterocycles. The Bertz CT molecular complexity index is 286. The van der Waals surface area contributed by atoms with E-state index in [0.717, 1.165) is 15.9 Å². The van der Waals surface area contributed by atoms with Crippen LogP contribution in [0.3, 0.4) is 0 Å². The summed E-state index contributed by atoms with van der Waals surface area (Å²) in [6, 6.07) is 4.06. The van der Waals surface area contributed by atoms with E-state index in [0.29, 0.717) is 12.5 Å². The molecule has 0 aliphatic rings. The molecule has 1 atom stereocenters. The van der Waals surface area contributed by atoms with Gasteiger partial charge in [0.05, 0.1) is 13.2 Å². The van der Waals surface area contributed by atoms with Crippen LogP contribution in [0.1, 0.15) is 26.0 Å². The van der Waals surface area contributed by atoms with Crippen molar-refractivity contribution in [1.29, 1.82) is 0 Å². The van der Waals surface area contributed by atoms with Crippen molar-refractivity contribution in [2.75, 3.05) is 6.61 Å². The molecule has 0 aromatic carbocycles. The lowest BCUT2D eigenvalue weighted by molar-refractivity contribution is 0.220. The molecule has 0 bridgehead atoms. The molecule has 1 unspecified atom stereocenters. The maximum absolute atomic E-state index is 9.16. The maximum Gasteiger partial charge on any atom is 0.164 e. The first-order valence-corrected chi connectivity index (χ1v) is 6.28. The minimum absolute atomic E-state index is 0.160. The van der Waals surface area contributed by atoms with Gasteiger partial charge >= 0.3 is 0 Å². The molecule has 0 saturated carbocycles. The van der Waals surface area contributed by atoms with Gasteiger partial charge in [0.1, 0.15) is 5.76 Å². The molecule has 0 amide bonds. The number of furan rings is 1. The lowest BCUT2D eigenvalue weighted by Gasteiger charge is -2.17. The van der Waals surface area contributed by atoms with Gasteiger partial charge in [-0.1, -0.05) is 13.8 Å². The summed E-state index contributed by atoms with van der Waals surface area (Å²) in [5.74, 6) is 1.51. The summed E-state index contributed by atoms with van der Waals surface area (Å²) in [6.07, 6.45) is 0.980. The number of hydrogen-bond donors (Lipinski definition) is 2. The van der Waals surface area contributed by atoms with Crippen molar-refractivity contribution in [2.45, 2.75) is 32.9 Å². The topological polar surface area (TPSA) is 45.4 Å². The van der Waals surface area contributed by atoms with Crippen LogP contribution >= 0.6 is 22.6 Å². The number of aliphatic hydroxyl groups is 1. The van der Waals surface area contributed by atoms with E-state index in [4.69, 9.17) is 9.52 Å². The Labute approximate surface area is 104 Å². The maximum atomic E-state index is 9.16. The number of nitrogens with one attached hydrogen (secondary N) is 1. The Morgan fingerprint density at radius 2 is 2.20 bits per heavy atom. The van der Waals surface area contributed by atoms with Crippen LogP contribution in [-0.2, 0) is 6.54 Å². The molecule has 3 nitrogen and oxygen atoms in total. The number of halogens is 1. The second-order valence-electron chi connectivity index (χ2n) is 4.10. The molecule has 0 aliphatic carbocycles. The van der Waals surface area contributed by atoms with Crippen molar-refractivity contribution in [2.24, 2.45) is 5.92 Å². The van der Waals surface area contributed by atoms with E-state index >= 15 is 0 Å². The Morgan fingerprint density at radius 1 is 1.47 bits per heavy atom. The second-order valence-corrected chi connectivity index (χ2v) is 5.16. The van der Waals surface area contributed by atoms with Gasteiger partial charge in [0.25, 0.3) is 0 Å². The molecule has 1 aromatic rings. The highest BCUT2D eigenvalue weighted by Gasteiger charge is 2.09. The van der Waals surface area contributed by atoms with Crippen LogP contribution in [-0.4, -0.2) is 17.8 Å². The van der Waals surface area contributed by atoms with Crippen molar-refractivity contribution >= 4 is 22.6 Å². The number of rotatable bonds is 6. The van der Waals surface area contributed by atoms with Crippen molar-refractivity contribution < 1.29 is 9.52 Å². The summed E-state index contributed by atoms with van der Waals surface area (Å²) < 4.78 is 6.32. The molecule has 2 N–H and O–H groups in total. The van der Waals surface area contributed by atoms with E-state index in [-0.39, 0.29) is 12.6 Å². The van der Waals surface area contributed by atoms with Gasteiger partial charge in [0.2, 0.25) is 0 Å². The summed E-state index contributed by atoms with van der Waals surface area (Å²) in [4.78, 5) is 0. The smallest absolute Gasteiger partial charge is 0.164 e. The molecule has 0 fully saturated rings. The van der Waals surface area contributed by atoms with E-state index in [1.165, 1.54) is 0 Å². The first-order chi connectivity index (χ1) is 7.11. The van der Waals surface area contributed by atoms with Gasteiger partial charge in [0.15, 0.2) is 3.77 Å². The average Bonchev–Trinajstić information content (AvgIpc) is 2.58. The minimum Gasteiger partial charge on any atom is -0.454 e. The van der Waals surface area contributed by atoms with Gasteiger partial charge in [-0.05, 0) is 47.1 Å². The van der Waals surface area contributed by atoms with E-state index in [1.807, 2.05) is 12.1 Å². The third kappa shape index (κ3) is 4.99. The molecule has 0 spiro atoms. The zero-order chi connectivity index (χ0) is 11.3. The molecule has 15 heavy (non-hydrogen) atoms. The highest BCUT2D eigenvalue weighted by Crippen LogP contribution is 2.11. The predicted octanol–water partition coefficient (Wildman–Crippen LogP) is 2.38. The monoisotopic (exact) mass is 323 g/mol. The van der Waals surface area contributed by atoms with E-state index < -0.39 is 0 Å². The SMILES string of the molecule is CC(C)CC(CO)NCc1ccc(I)o1. The first-order valence-electron chi connectivity index (χ1n) is 5.20. The molecule has 0 radical (unpaired) electrons. The summed E-state index contributed by atoms with van der Waals surface area (Å²) in [5.41, 5.74) is 0. The second kappa shape index (κ2) is 6.50. The molecule has 0 aliphatic heterocycles. The normalized spacial score (nSPS) is 13.4. The lowest BCUT2D eigenvalue weighted by atomic mass is 10.0. The fourth-order valence-corrected chi connectivity index (χ4v) is 1.95. The standard InChI is InChI=1S/C11H18INO2/c1-8(2)5-9(7-14)13-6-10-3-4-11(12)15-10/h3-4,8-9,13-14H,5-7H2,1-2H3. The quantitative estimate of drug-likeness (QED) is 0.790. The fraction of sp³-hybridized carbons (Fsp3) is 0.636. The minimum atomic E-state index is 0.160. The lowest BCUT2D eigenvalue weighted by Crippen LogP contribution is -2.33. The van der Waals surface area contributed by atoms with Crippen LogP contribution in [0.5, 0.6) is 0 Å². The first kappa shape index (κ1) is 13.0. The van der Waals surface area contributed by atoms with Gasteiger partial charge < -0.3 is 14.8 Å². The Hall–Kier alpha value is -0.0700. The number of aliphatic hydroxyl groups excluding tert-OH is 1. The largest absolute Gasteiger partial charge is 0.454 e.